The molecule has 3 aromatic rings. The lowest BCUT2D eigenvalue weighted by Gasteiger charge is -2.27. The Bertz CT molecular complexity index is 1500. The molecule has 0 saturated carbocycles. The molecule has 2 aliphatic heterocycles. The summed E-state index contributed by atoms with van der Waals surface area (Å²) in [6, 6.07) is 16.7. The van der Waals surface area contributed by atoms with Gasteiger partial charge >= 0.3 is 0 Å². The molecule has 2 fully saturated rings. The molecule has 5 atom stereocenters. The predicted octanol–water partition coefficient (Wildman–Crippen LogP) is 0.400. The first kappa shape index (κ1) is 31.0. The fraction of sp³-hybridized carbons (Fsp3) is 0.406. The highest BCUT2D eigenvalue weighted by Crippen LogP contribution is 2.25. The van der Waals surface area contributed by atoms with Crippen LogP contribution in [0, 0.1) is 0 Å². The number of pyridine rings is 1. The van der Waals surface area contributed by atoms with Crippen LogP contribution >= 0.6 is 0 Å². The van der Waals surface area contributed by atoms with Gasteiger partial charge in [0.15, 0.2) is 0 Å². The third kappa shape index (κ3) is 7.21. The smallest absolute Gasteiger partial charge is 0.249 e. The van der Waals surface area contributed by atoms with Gasteiger partial charge in [-0.1, -0.05) is 48.5 Å². The van der Waals surface area contributed by atoms with Gasteiger partial charge in [-0.05, 0) is 43.4 Å². The fourth-order valence-electron chi connectivity index (χ4n) is 5.92. The summed E-state index contributed by atoms with van der Waals surface area (Å²) in [4.78, 5) is 59.9. The zero-order valence-electron chi connectivity index (χ0n) is 24.7. The number of likely N-dealkylation sites (N-methyl/N-ethyl adjacent to an activating group) is 1. The van der Waals surface area contributed by atoms with E-state index in [2.05, 4.69) is 20.9 Å². The summed E-state index contributed by atoms with van der Waals surface area (Å²) in [5, 5.41) is 20.3. The number of rotatable bonds is 10. The number of hydrogen-bond acceptors (Lipinski definition) is 8. The first-order valence-corrected chi connectivity index (χ1v) is 14.9. The van der Waals surface area contributed by atoms with E-state index in [0.29, 0.717) is 25.1 Å². The summed E-state index contributed by atoms with van der Waals surface area (Å²) in [6.07, 6.45) is 1.66. The van der Waals surface area contributed by atoms with E-state index in [0.717, 1.165) is 16.5 Å². The van der Waals surface area contributed by atoms with Crippen molar-refractivity contribution in [3.05, 3.63) is 72.4 Å². The van der Waals surface area contributed by atoms with Crippen molar-refractivity contribution in [2.24, 2.45) is 5.73 Å². The van der Waals surface area contributed by atoms with Gasteiger partial charge in [-0.3, -0.25) is 24.2 Å². The average Bonchev–Trinajstić information content (AvgIpc) is 3.71. The van der Waals surface area contributed by atoms with Crippen molar-refractivity contribution in [1.82, 2.24) is 25.4 Å². The maximum atomic E-state index is 13.8. The number of nitrogens with two attached hydrogens (primary N) is 1. The van der Waals surface area contributed by atoms with Gasteiger partial charge in [-0.15, -0.1) is 0 Å². The number of anilines is 1. The Hall–Kier alpha value is -4.39. The van der Waals surface area contributed by atoms with E-state index in [1.807, 2.05) is 60.7 Å². The molecule has 2 saturated heterocycles. The number of carbonyl (C=O) groups is 4. The first-order valence-electron chi connectivity index (χ1n) is 14.9. The molecule has 0 spiro atoms. The van der Waals surface area contributed by atoms with E-state index in [1.54, 1.807) is 18.1 Å². The van der Waals surface area contributed by atoms with Crippen LogP contribution in [0.3, 0.4) is 0 Å². The minimum Gasteiger partial charge on any atom is -0.383 e. The minimum atomic E-state index is -1.23. The molecule has 2 aromatic carbocycles. The quantitative estimate of drug-likeness (QED) is 0.222. The molecule has 3 heterocycles. The summed E-state index contributed by atoms with van der Waals surface area (Å²) in [7, 11) is 1.66. The highest BCUT2D eigenvalue weighted by Gasteiger charge is 2.44. The normalized spacial score (nSPS) is 22.0. The molecular weight excluding hydrogens is 562 g/mol. The number of fused-ring (bicyclic) bond motifs is 1. The largest absolute Gasteiger partial charge is 0.383 e. The van der Waals surface area contributed by atoms with Crippen LogP contribution in [0.25, 0.3) is 10.9 Å². The molecular formula is C32H39N7O5. The van der Waals surface area contributed by atoms with Crippen LogP contribution in [0.2, 0.25) is 0 Å². The molecule has 0 aliphatic carbocycles. The number of amides is 4. The SMILES string of the molecule is CN(C(=O)CN)[C@H]1CN[C@H](C(=O)N2C[C@H](NC(=O)[C@H](O)CCc3ccccc3)C[C@H]2C(=O)Nc2cnc3ccccc3c2)C1. The number of hydrogen-bond donors (Lipinski definition) is 5. The lowest BCUT2D eigenvalue weighted by molar-refractivity contribution is -0.138. The predicted molar refractivity (Wildman–Crippen MR) is 165 cm³/mol. The van der Waals surface area contributed by atoms with E-state index in [-0.39, 0.29) is 43.8 Å². The van der Waals surface area contributed by atoms with Crippen molar-refractivity contribution in [2.75, 3.05) is 32.0 Å². The van der Waals surface area contributed by atoms with Gasteiger partial charge in [0.25, 0.3) is 0 Å². The van der Waals surface area contributed by atoms with Gasteiger partial charge in [0.1, 0.15) is 12.1 Å². The van der Waals surface area contributed by atoms with Crippen LogP contribution in [0.5, 0.6) is 0 Å². The lowest BCUT2D eigenvalue weighted by atomic mass is 10.1. The number of nitrogens with one attached hydrogen (secondary N) is 3. The van der Waals surface area contributed by atoms with Crippen molar-refractivity contribution in [3.8, 4) is 0 Å². The number of likely N-dealkylation sites (tertiary alicyclic amines) is 1. The lowest BCUT2D eigenvalue weighted by Crippen LogP contribution is -2.50. The Labute approximate surface area is 256 Å². The number of aromatic nitrogens is 1. The number of aliphatic hydroxyl groups excluding tert-OH is 1. The molecule has 0 unspecified atom stereocenters. The second-order valence-electron chi connectivity index (χ2n) is 11.5. The Morgan fingerprint density at radius 3 is 2.64 bits per heavy atom. The van der Waals surface area contributed by atoms with Crippen LogP contribution in [-0.4, -0.2) is 100 Å². The van der Waals surface area contributed by atoms with Crippen LogP contribution in [0.15, 0.2) is 66.9 Å². The third-order valence-electron chi connectivity index (χ3n) is 8.46. The number of benzene rings is 2. The zero-order chi connectivity index (χ0) is 31.2. The topological polar surface area (TPSA) is 170 Å². The number of nitrogens with zero attached hydrogens (tertiary/aromatic N) is 3. The van der Waals surface area contributed by atoms with Gasteiger partial charge in [0, 0.05) is 37.6 Å². The summed E-state index contributed by atoms with van der Waals surface area (Å²) in [6.45, 7) is 0.395. The molecule has 1 aromatic heterocycles. The standard InChI is InChI=1S/C32H39N7O5/c1-38(29(41)16-33)24-15-26(35-18-24)32(44)39-19-23(37-31(43)28(40)12-11-20-7-3-2-4-8-20)14-27(39)30(42)36-22-13-21-9-5-6-10-25(21)34-17-22/h2-10,13,17,23-24,26-28,35,40H,11-12,14-16,18-19,33H2,1H3,(H,36,42)(H,37,43)/t23-,24-,26+,27+,28-/m1/s1. The number of aryl methyl sites for hydroxylation is 1. The van der Waals surface area contributed by atoms with Gasteiger partial charge in [-0.2, -0.15) is 0 Å². The monoisotopic (exact) mass is 601 g/mol. The number of para-hydroxylation sites is 1. The summed E-state index contributed by atoms with van der Waals surface area (Å²) in [5.74, 6) is -1.46. The van der Waals surface area contributed by atoms with E-state index in [4.69, 9.17) is 5.73 Å². The molecule has 44 heavy (non-hydrogen) atoms. The first-order chi connectivity index (χ1) is 21.2. The Balaban J connectivity index is 1.27. The van der Waals surface area contributed by atoms with E-state index in [9.17, 15) is 24.3 Å². The maximum absolute atomic E-state index is 13.8. The van der Waals surface area contributed by atoms with E-state index in [1.165, 1.54) is 4.90 Å². The second-order valence-corrected chi connectivity index (χ2v) is 11.5. The minimum absolute atomic E-state index is 0.102. The van der Waals surface area contributed by atoms with Gasteiger partial charge in [0.2, 0.25) is 23.6 Å². The van der Waals surface area contributed by atoms with Gasteiger partial charge < -0.3 is 36.6 Å². The van der Waals surface area contributed by atoms with Crippen molar-refractivity contribution in [2.45, 2.75) is 56.0 Å². The van der Waals surface area contributed by atoms with Crippen LogP contribution in [-0.2, 0) is 25.6 Å². The summed E-state index contributed by atoms with van der Waals surface area (Å²) in [5.41, 5.74) is 7.81. The second kappa shape index (κ2) is 13.9. The molecule has 4 amide bonds. The number of aliphatic hydroxyl groups is 1. The Kier molecular flexibility index (Phi) is 9.83. The molecule has 12 nitrogen and oxygen atoms in total. The Morgan fingerprint density at radius 2 is 1.86 bits per heavy atom. The van der Waals surface area contributed by atoms with Gasteiger partial charge in [-0.25, -0.2) is 0 Å². The molecule has 12 heteroatoms. The van der Waals surface area contributed by atoms with Crippen LogP contribution in [0.1, 0.15) is 24.8 Å². The van der Waals surface area contributed by atoms with E-state index < -0.39 is 36.0 Å². The fourth-order valence-corrected chi connectivity index (χ4v) is 5.92. The molecule has 232 valence electrons. The summed E-state index contributed by atoms with van der Waals surface area (Å²) >= 11 is 0. The highest BCUT2D eigenvalue weighted by molar-refractivity contribution is 5.99. The number of carbonyl (C=O) groups excluding carboxylic acids is 4. The molecule has 6 N–H and O–H groups in total. The molecule has 5 rings (SSSR count). The zero-order valence-corrected chi connectivity index (χ0v) is 24.7. The van der Waals surface area contributed by atoms with Crippen molar-refractivity contribution in [3.63, 3.8) is 0 Å². The van der Waals surface area contributed by atoms with Crippen molar-refractivity contribution < 1.29 is 24.3 Å². The highest BCUT2D eigenvalue weighted by atomic mass is 16.3. The van der Waals surface area contributed by atoms with Crippen LogP contribution in [0.4, 0.5) is 5.69 Å². The van der Waals surface area contributed by atoms with Crippen molar-refractivity contribution >= 4 is 40.2 Å². The molecule has 0 bridgehead atoms. The third-order valence-corrected chi connectivity index (χ3v) is 8.46. The van der Waals surface area contributed by atoms with Crippen LogP contribution < -0.4 is 21.7 Å². The molecule has 2 aliphatic rings. The summed E-state index contributed by atoms with van der Waals surface area (Å²) < 4.78 is 0. The Morgan fingerprint density at radius 1 is 1.11 bits per heavy atom. The van der Waals surface area contributed by atoms with Crippen molar-refractivity contribution in [1.29, 1.82) is 0 Å². The van der Waals surface area contributed by atoms with Gasteiger partial charge in [0.05, 0.1) is 30.0 Å². The average molecular weight is 602 g/mol. The maximum Gasteiger partial charge on any atom is 0.249 e. The molecule has 0 radical (unpaired) electrons. The van der Waals surface area contributed by atoms with E-state index >= 15 is 0 Å².